The first-order valence-corrected chi connectivity index (χ1v) is 12.6. The molecule has 0 saturated carbocycles. The van der Waals surface area contributed by atoms with Crippen molar-refractivity contribution in [3.63, 3.8) is 0 Å². The van der Waals surface area contributed by atoms with Gasteiger partial charge in [-0.05, 0) is 24.3 Å². The van der Waals surface area contributed by atoms with E-state index in [4.69, 9.17) is 15.0 Å². The van der Waals surface area contributed by atoms with Crippen LogP contribution >= 0.6 is 0 Å². The Balaban J connectivity index is 1.37. The first-order valence-electron chi connectivity index (χ1n) is 12.6. The number of pyridine rings is 2. The zero-order valence-corrected chi connectivity index (χ0v) is 20.5. The summed E-state index contributed by atoms with van der Waals surface area (Å²) in [6.45, 7) is 0. The van der Waals surface area contributed by atoms with E-state index in [-0.39, 0.29) is 0 Å². The van der Waals surface area contributed by atoms with Gasteiger partial charge in [-0.25, -0.2) is 15.0 Å². The lowest BCUT2D eigenvalue weighted by Crippen LogP contribution is -1.96. The predicted octanol–water partition coefficient (Wildman–Crippen LogP) is 8.24. The van der Waals surface area contributed by atoms with Crippen LogP contribution in [0.15, 0.2) is 134 Å². The Hall–Kier alpha value is -5.22. The lowest BCUT2D eigenvalue weighted by molar-refractivity contribution is 1.18. The average Bonchev–Trinajstić information content (AvgIpc) is 3.01. The molecule has 4 heteroatoms. The monoisotopic (exact) mass is 486 g/mol. The first-order chi connectivity index (χ1) is 18.8. The number of aromatic nitrogens is 4. The van der Waals surface area contributed by atoms with Gasteiger partial charge < -0.3 is 0 Å². The van der Waals surface area contributed by atoms with Crippen LogP contribution in [0.3, 0.4) is 0 Å². The van der Waals surface area contributed by atoms with Gasteiger partial charge in [-0.1, -0.05) is 103 Å². The van der Waals surface area contributed by atoms with Crippen molar-refractivity contribution in [3.8, 4) is 45.2 Å². The predicted molar refractivity (Wildman–Crippen MR) is 154 cm³/mol. The van der Waals surface area contributed by atoms with Crippen molar-refractivity contribution in [2.24, 2.45) is 0 Å². The third-order valence-electron chi connectivity index (χ3n) is 6.71. The topological polar surface area (TPSA) is 51.6 Å². The van der Waals surface area contributed by atoms with E-state index in [9.17, 15) is 0 Å². The molecule has 0 radical (unpaired) electrons. The molecule has 4 nitrogen and oxygen atoms in total. The second-order valence-electron chi connectivity index (χ2n) is 9.18. The maximum atomic E-state index is 5.04. The SMILES string of the molecule is c1ccc(-c2cc(-c3ccccc3)nc(-c3cccc(-c4ccc5ccc6cccnc6c5n4)c3)n2)cc1. The normalized spacial score (nSPS) is 11.2. The van der Waals surface area contributed by atoms with Crippen molar-refractivity contribution in [2.75, 3.05) is 0 Å². The Morgan fingerprint density at radius 3 is 1.68 bits per heavy atom. The van der Waals surface area contributed by atoms with Crippen LogP contribution in [0.5, 0.6) is 0 Å². The van der Waals surface area contributed by atoms with Gasteiger partial charge in [-0.15, -0.1) is 0 Å². The summed E-state index contributed by atoms with van der Waals surface area (Å²) >= 11 is 0. The second-order valence-corrected chi connectivity index (χ2v) is 9.18. The number of benzene rings is 4. The second kappa shape index (κ2) is 9.34. The molecule has 0 unspecified atom stereocenters. The number of hydrogen-bond donors (Lipinski definition) is 0. The molecule has 178 valence electrons. The average molecular weight is 487 g/mol. The van der Waals surface area contributed by atoms with Gasteiger partial charge in [-0.3, -0.25) is 4.98 Å². The van der Waals surface area contributed by atoms with Crippen LogP contribution in [0.25, 0.3) is 67.0 Å². The van der Waals surface area contributed by atoms with Crippen LogP contribution in [0.2, 0.25) is 0 Å². The molecule has 0 aliphatic heterocycles. The Morgan fingerprint density at radius 2 is 0.974 bits per heavy atom. The fourth-order valence-electron chi connectivity index (χ4n) is 4.79. The third kappa shape index (κ3) is 4.08. The molecule has 0 aliphatic carbocycles. The first kappa shape index (κ1) is 22.0. The molecule has 3 heterocycles. The van der Waals surface area contributed by atoms with Crippen molar-refractivity contribution in [1.82, 2.24) is 19.9 Å². The molecule has 7 aromatic rings. The summed E-state index contributed by atoms with van der Waals surface area (Å²) < 4.78 is 0. The minimum absolute atomic E-state index is 0.681. The van der Waals surface area contributed by atoms with E-state index in [0.29, 0.717) is 5.82 Å². The van der Waals surface area contributed by atoms with Gasteiger partial charge in [0.1, 0.15) is 0 Å². The Morgan fingerprint density at radius 1 is 0.368 bits per heavy atom. The number of hydrogen-bond acceptors (Lipinski definition) is 4. The van der Waals surface area contributed by atoms with E-state index in [1.807, 2.05) is 54.7 Å². The van der Waals surface area contributed by atoms with Crippen molar-refractivity contribution in [2.45, 2.75) is 0 Å². The Kier molecular flexibility index (Phi) is 5.41. The maximum absolute atomic E-state index is 5.04. The van der Waals surface area contributed by atoms with Gasteiger partial charge in [0.25, 0.3) is 0 Å². The van der Waals surface area contributed by atoms with E-state index in [0.717, 1.165) is 61.1 Å². The van der Waals surface area contributed by atoms with Crippen molar-refractivity contribution >= 4 is 21.8 Å². The molecule has 0 bridgehead atoms. The minimum Gasteiger partial charge on any atom is -0.254 e. The standard InChI is InChI=1S/C34H22N4/c1-3-9-23(10-4-1)30-22-31(24-11-5-2-6-12-24)38-34(37-30)28-14-7-13-27(21-28)29-19-18-26-17-16-25-15-8-20-35-32(25)33(26)36-29/h1-22H. The lowest BCUT2D eigenvalue weighted by Gasteiger charge is -2.11. The molecule has 7 rings (SSSR count). The molecule has 0 fully saturated rings. The fourth-order valence-corrected chi connectivity index (χ4v) is 4.79. The van der Waals surface area contributed by atoms with Gasteiger partial charge in [-0.2, -0.15) is 0 Å². The molecule has 0 N–H and O–H groups in total. The molecule has 0 aliphatic rings. The summed E-state index contributed by atoms with van der Waals surface area (Å²) in [6.07, 6.45) is 1.82. The van der Waals surface area contributed by atoms with E-state index in [1.165, 1.54) is 0 Å². The highest BCUT2D eigenvalue weighted by atomic mass is 14.9. The molecule has 0 amide bonds. The van der Waals surface area contributed by atoms with Crippen LogP contribution in [0.4, 0.5) is 0 Å². The van der Waals surface area contributed by atoms with Crippen LogP contribution in [0, 0.1) is 0 Å². The highest BCUT2D eigenvalue weighted by Crippen LogP contribution is 2.31. The van der Waals surface area contributed by atoms with Crippen LogP contribution in [0.1, 0.15) is 0 Å². The largest absolute Gasteiger partial charge is 0.254 e. The maximum Gasteiger partial charge on any atom is 0.160 e. The van der Waals surface area contributed by atoms with E-state index in [1.54, 1.807) is 0 Å². The molecule has 4 aromatic carbocycles. The van der Waals surface area contributed by atoms with Gasteiger partial charge >= 0.3 is 0 Å². The molecule has 0 atom stereocenters. The summed E-state index contributed by atoms with van der Waals surface area (Å²) in [6, 6.07) is 43.2. The van der Waals surface area contributed by atoms with Crippen LogP contribution in [-0.2, 0) is 0 Å². The summed E-state index contributed by atoms with van der Waals surface area (Å²) in [4.78, 5) is 19.6. The van der Waals surface area contributed by atoms with Crippen LogP contribution in [-0.4, -0.2) is 19.9 Å². The van der Waals surface area contributed by atoms with Crippen molar-refractivity contribution in [1.29, 1.82) is 0 Å². The molecule has 3 aromatic heterocycles. The summed E-state index contributed by atoms with van der Waals surface area (Å²) in [5.74, 6) is 0.681. The lowest BCUT2D eigenvalue weighted by atomic mass is 10.0. The van der Waals surface area contributed by atoms with Crippen LogP contribution < -0.4 is 0 Å². The minimum atomic E-state index is 0.681. The highest BCUT2D eigenvalue weighted by molar-refractivity contribution is 6.03. The van der Waals surface area contributed by atoms with E-state index < -0.39 is 0 Å². The molecule has 0 spiro atoms. The number of rotatable bonds is 4. The van der Waals surface area contributed by atoms with E-state index in [2.05, 4.69) is 83.8 Å². The smallest absolute Gasteiger partial charge is 0.160 e. The van der Waals surface area contributed by atoms with Gasteiger partial charge in [0.05, 0.1) is 28.1 Å². The summed E-state index contributed by atoms with van der Waals surface area (Å²) in [5, 5.41) is 2.15. The zero-order valence-electron chi connectivity index (χ0n) is 20.5. The van der Waals surface area contributed by atoms with Crippen molar-refractivity contribution in [3.05, 3.63) is 134 Å². The Bertz CT molecular complexity index is 1860. The fraction of sp³-hybridized carbons (Fsp3) is 0. The molecular formula is C34H22N4. The summed E-state index contributed by atoms with van der Waals surface area (Å²) in [5.41, 5.74) is 8.54. The quantitative estimate of drug-likeness (QED) is 0.235. The summed E-state index contributed by atoms with van der Waals surface area (Å²) in [7, 11) is 0. The third-order valence-corrected chi connectivity index (χ3v) is 6.71. The Labute approximate surface area is 220 Å². The van der Waals surface area contributed by atoms with Crippen molar-refractivity contribution < 1.29 is 0 Å². The van der Waals surface area contributed by atoms with Gasteiger partial charge in [0, 0.05) is 39.2 Å². The number of nitrogens with zero attached hydrogens (tertiary/aromatic N) is 4. The van der Waals surface area contributed by atoms with E-state index >= 15 is 0 Å². The number of fused-ring (bicyclic) bond motifs is 3. The zero-order chi connectivity index (χ0) is 25.3. The molecule has 0 saturated heterocycles. The van der Waals surface area contributed by atoms with Gasteiger partial charge in [0.15, 0.2) is 5.82 Å². The highest BCUT2D eigenvalue weighted by Gasteiger charge is 2.12. The molecular weight excluding hydrogens is 464 g/mol. The molecule has 38 heavy (non-hydrogen) atoms. The van der Waals surface area contributed by atoms with Gasteiger partial charge in [0.2, 0.25) is 0 Å².